The Hall–Kier alpha value is -2.69. The predicted molar refractivity (Wildman–Crippen MR) is 115 cm³/mol. The molecule has 2 aromatic rings. The summed E-state index contributed by atoms with van der Waals surface area (Å²) < 4.78 is 0. The van der Waals surface area contributed by atoms with Crippen LogP contribution in [0.15, 0.2) is 41.2 Å². The van der Waals surface area contributed by atoms with Gasteiger partial charge in [-0.25, -0.2) is 0 Å². The lowest BCUT2D eigenvalue weighted by Crippen LogP contribution is -2.33. The number of hydrogen-bond acceptors (Lipinski definition) is 3. The summed E-state index contributed by atoms with van der Waals surface area (Å²) in [5, 5.41) is 2.82. The highest BCUT2D eigenvalue weighted by atomic mass is 16.2. The molecule has 5 nitrogen and oxygen atoms in total. The number of nitrogens with one attached hydrogen (secondary N) is 2. The topological polar surface area (TPSA) is 79.0 Å². The van der Waals surface area contributed by atoms with Gasteiger partial charge in [-0.1, -0.05) is 69.4 Å². The Bertz CT molecular complexity index is 902. The Kier molecular flexibility index (Phi) is 7.39. The first-order valence-electron chi connectivity index (χ1n) is 10.7. The molecule has 1 heterocycles. The minimum absolute atomic E-state index is 0.0265. The molecule has 1 aromatic heterocycles. The van der Waals surface area contributed by atoms with Crippen molar-refractivity contribution in [3.8, 4) is 0 Å². The molecule has 1 aliphatic carbocycles. The summed E-state index contributed by atoms with van der Waals surface area (Å²) >= 11 is 0. The first-order valence-corrected chi connectivity index (χ1v) is 10.7. The van der Waals surface area contributed by atoms with Gasteiger partial charge in [-0.2, -0.15) is 0 Å². The monoisotopic (exact) mass is 394 g/mol. The van der Waals surface area contributed by atoms with E-state index in [1.807, 2.05) is 30.3 Å². The van der Waals surface area contributed by atoms with Crippen LogP contribution in [-0.4, -0.2) is 23.2 Å². The van der Waals surface area contributed by atoms with Crippen molar-refractivity contribution in [1.29, 1.82) is 0 Å². The van der Waals surface area contributed by atoms with Crippen LogP contribution >= 0.6 is 0 Å². The third-order valence-corrected chi connectivity index (χ3v) is 5.64. The van der Waals surface area contributed by atoms with Gasteiger partial charge in [0.25, 0.3) is 11.5 Å². The molecular weight excluding hydrogens is 364 g/mol. The van der Waals surface area contributed by atoms with Crippen LogP contribution in [-0.2, 0) is 6.42 Å². The third kappa shape index (κ3) is 5.43. The lowest BCUT2D eigenvalue weighted by atomic mass is 9.81. The number of Topliss-reactive ketones (excluding diaryl/α,β-unsaturated/α-hetero) is 1. The van der Waals surface area contributed by atoms with Gasteiger partial charge in [-0.3, -0.25) is 14.4 Å². The zero-order valence-electron chi connectivity index (χ0n) is 17.1. The highest BCUT2D eigenvalue weighted by Crippen LogP contribution is 2.31. The number of pyridine rings is 1. The Labute approximate surface area is 171 Å². The van der Waals surface area contributed by atoms with Crippen LogP contribution < -0.4 is 10.9 Å². The Morgan fingerprint density at radius 2 is 1.76 bits per heavy atom. The lowest BCUT2D eigenvalue weighted by Gasteiger charge is -2.24. The number of aromatic amines is 1. The fraction of sp³-hybridized carbons (Fsp3) is 0.458. The molecule has 0 saturated carbocycles. The molecule has 0 fully saturated rings. The van der Waals surface area contributed by atoms with Gasteiger partial charge in [0.2, 0.25) is 0 Å². The van der Waals surface area contributed by atoms with Crippen LogP contribution in [0.2, 0.25) is 0 Å². The summed E-state index contributed by atoms with van der Waals surface area (Å²) in [5.41, 5.74) is 1.80. The predicted octanol–water partition coefficient (Wildman–Crippen LogP) is 4.38. The quantitative estimate of drug-likeness (QED) is 0.620. The molecule has 1 atom stereocenters. The fourth-order valence-electron chi connectivity index (χ4n) is 3.96. The number of fused-ring (bicyclic) bond motifs is 1. The van der Waals surface area contributed by atoms with E-state index in [4.69, 9.17) is 0 Å². The molecule has 0 bridgehead atoms. The standard InChI is InChI=1S/C24H30N2O3/c1-2-3-4-5-6-10-13-25-23(28)20-16-19-21(26-24(20)29)14-18(15-22(19)27)17-11-8-7-9-12-17/h7-9,11-12,16,18H,2-6,10,13-15H2,1H3,(H,25,28)(H,26,29)/t18-/m1/s1. The number of benzene rings is 1. The van der Waals surface area contributed by atoms with Crippen molar-refractivity contribution in [2.75, 3.05) is 6.54 Å². The molecular formula is C24H30N2O3. The van der Waals surface area contributed by atoms with Gasteiger partial charge in [0.05, 0.1) is 0 Å². The number of carbonyl (C=O) groups is 2. The molecule has 0 radical (unpaired) electrons. The Balaban J connectivity index is 1.63. The molecule has 5 heteroatoms. The van der Waals surface area contributed by atoms with Crippen molar-refractivity contribution in [2.24, 2.45) is 0 Å². The molecule has 29 heavy (non-hydrogen) atoms. The SMILES string of the molecule is CCCCCCCCNC(=O)c1cc2c([nH]c1=O)C[C@@H](c1ccccc1)CC2=O. The van der Waals surface area contributed by atoms with Crippen LogP contribution in [0.4, 0.5) is 0 Å². The number of ketones is 1. The normalized spacial score (nSPS) is 15.8. The van der Waals surface area contributed by atoms with E-state index in [0.29, 0.717) is 30.6 Å². The van der Waals surface area contributed by atoms with E-state index in [-0.39, 0.29) is 17.3 Å². The summed E-state index contributed by atoms with van der Waals surface area (Å²) in [5.74, 6) is -0.374. The molecule has 1 aromatic carbocycles. The van der Waals surface area contributed by atoms with Gasteiger partial charge in [-0.15, -0.1) is 0 Å². The first kappa shape index (κ1) is 21.0. The van der Waals surface area contributed by atoms with Crippen molar-refractivity contribution in [1.82, 2.24) is 10.3 Å². The van der Waals surface area contributed by atoms with Gasteiger partial charge in [0.1, 0.15) is 5.56 Å². The lowest BCUT2D eigenvalue weighted by molar-refractivity contribution is 0.0951. The maximum atomic E-state index is 12.7. The number of unbranched alkanes of at least 4 members (excludes halogenated alkanes) is 5. The minimum Gasteiger partial charge on any atom is -0.352 e. The van der Waals surface area contributed by atoms with E-state index in [0.717, 1.165) is 18.4 Å². The molecule has 0 spiro atoms. The fourth-order valence-corrected chi connectivity index (χ4v) is 3.96. The summed E-state index contributed by atoms with van der Waals surface area (Å²) in [6, 6.07) is 11.3. The average Bonchev–Trinajstić information content (AvgIpc) is 2.73. The van der Waals surface area contributed by atoms with Crippen LogP contribution in [0.25, 0.3) is 0 Å². The van der Waals surface area contributed by atoms with E-state index in [2.05, 4.69) is 17.2 Å². The van der Waals surface area contributed by atoms with Crippen molar-refractivity contribution in [3.63, 3.8) is 0 Å². The van der Waals surface area contributed by atoms with Crippen LogP contribution in [0, 0.1) is 0 Å². The molecule has 1 aliphatic rings. The summed E-state index contributed by atoms with van der Waals surface area (Å²) in [7, 11) is 0. The molecule has 2 N–H and O–H groups in total. The smallest absolute Gasteiger partial charge is 0.261 e. The zero-order chi connectivity index (χ0) is 20.6. The van der Waals surface area contributed by atoms with E-state index in [1.165, 1.54) is 31.7 Å². The van der Waals surface area contributed by atoms with Gasteiger partial charge in [-0.05, 0) is 30.4 Å². The summed E-state index contributed by atoms with van der Waals surface area (Å²) in [4.78, 5) is 40.4. The number of aromatic nitrogens is 1. The van der Waals surface area contributed by atoms with Crippen molar-refractivity contribution in [2.45, 2.75) is 64.2 Å². The first-order chi connectivity index (χ1) is 14.1. The van der Waals surface area contributed by atoms with Crippen molar-refractivity contribution >= 4 is 11.7 Å². The van der Waals surface area contributed by atoms with Gasteiger partial charge in [0.15, 0.2) is 5.78 Å². The Morgan fingerprint density at radius 3 is 2.52 bits per heavy atom. The molecule has 1 amide bonds. The van der Waals surface area contributed by atoms with E-state index >= 15 is 0 Å². The molecule has 154 valence electrons. The number of hydrogen-bond donors (Lipinski definition) is 2. The molecule has 0 aliphatic heterocycles. The Morgan fingerprint density at radius 1 is 1.03 bits per heavy atom. The maximum Gasteiger partial charge on any atom is 0.261 e. The van der Waals surface area contributed by atoms with Crippen LogP contribution in [0.3, 0.4) is 0 Å². The second-order valence-corrected chi connectivity index (χ2v) is 7.87. The average molecular weight is 395 g/mol. The highest BCUT2D eigenvalue weighted by molar-refractivity contribution is 6.02. The van der Waals surface area contributed by atoms with Crippen LogP contribution in [0.5, 0.6) is 0 Å². The zero-order valence-corrected chi connectivity index (χ0v) is 17.1. The largest absolute Gasteiger partial charge is 0.352 e. The van der Waals surface area contributed by atoms with E-state index in [9.17, 15) is 14.4 Å². The summed E-state index contributed by atoms with van der Waals surface area (Å²) in [6.07, 6.45) is 7.80. The molecule has 0 saturated heterocycles. The van der Waals surface area contributed by atoms with E-state index in [1.54, 1.807) is 0 Å². The van der Waals surface area contributed by atoms with Crippen LogP contribution in [0.1, 0.15) is 89.8 Å². The number of carbonyl (C=O) groups excluding carboxylic acids is 2. The second kappa shape index (κ2) is 10.2. The minimum atomic E-state index is -0.425. The van der Waals surface area contributed by atoms with Gasteiger partial charge >= 0.3 is 0 Å². The van der Waals surface area contributed by atoms with Crippen molar-refractivity contribution < 1.29 is 9.59 Å². The number of H-pyrrole nitrogens is 1. The highest BCUT2D eigenvalue weighted by Gasteiger charge is 2.28. The summed E-state index contributed by atoms with van der Waals surface area (Å²) in [6.45, 7) is 2.73. The second-order valence-electron chi connectivity index (χ2n) is 7.87. The van der Waals surface area contributed by atoms with Gasteiger partial charge in [0, 0.05) is 24.2 Å². The molecule has 0 unspecified atom stereocenters. The number of rotatable bonds is 9. The number of amides is 1. The van der Waals surface area contributed by atoms with Crippen molar-refractivity contribution in [3.05, 3.63) is 69.1 Å². The third-order valence-electron chi connectivity index (χ3n) is 5.64. The maximum absolute atomic E-state index is 12.7. The molecule has 3 rings (SSSR count). The van der Waals surface area contributed by atoms with E-state index < -0.39 is 11.5 Å². The van der Waals surface area contributed by atoms with Gasteiger partial charge < -0.3 is 10.3 Å².